The molecule has 0 aliphatic rings. The summed E-state index contributed by atoms with van der Waals surface area (Å²) in [6, 6.07) is 4.52. The standard InChI is InChI=1S/C11H16.C3H7.C2H6.Y/c1-5-11-7-8(2)6-9(3)10(11)4;1-3-2;1-2;/h6-7H,5H2,1-4H3;1,3H2,2H3;1-2H3;/q;-1;;. The molecule has 0 nitrogen and oxygen atoms in total. The van der Waals surface area contributed by atoms with Crippen LogP contribution in [-0.4, -0.2) is 0 Å². The summed E-state index contributed by atoms with van der Waals surface area (Å²) >= 11 is 0. The molecule has 0 aromatic heterocycles. The summed E-state index contributed by atoms with van der Waals surface area (Å²) in [6.07, 6.45) is 2.15. The first kappa shape index (κ1) is 22.5. The van der Waals surface area contributed by atoms with Crippen LogP contribution in [0.2, 0.25) is 0 Å². The van der Waals surface area contributed by atoms with E-state index in [0.717, 1.165) is 12.8 Å². The third-order valence-electron chi connectivity index (χ3n) is 2.30. The van der Waals surface area contributed by atoms with Crippen molar-refractivity contribution in [2.24, 2.45) is 0 Å². The second-order valence-corrected chi connectivity index (χ2v) is 3.72. The van der Waals surface area contributed by atoms with E-state index in [1.807, 2.05) is 20.8 Å². The SMILES string of the molecule is CC.CCc1cc(C)cc(C)c1C.[CH2-]CC.[Y]. The smallest absolute Gasteiger partial charge is 0 e. The van der Waals surface area contributed by atoms with Gasteiger partial charge in [-0.2, -0.15) is 6.42 Å². The van der Waals surface area contributed by atoms with Crippen LogP contribution in [0.1, 0.15) is 56.4 Å². The van der Waals surface area contributed by atoms with Crippen LogP contribution in [0.4, 0.5) is 0 Å². The van der Waals surface area contributed by atoms with Crippen LogP contribution in [0.15, 0.2) is 12.1 Å². The van der Waals surface area contributed by atoms with E-state index in [4.69, 9.17) is 0 Å². The molecule has 0 atom stereocenters. The zero-order valence-electron chi connectivity index (χ0n) is 12.9. The average molecular weight is 310 g/mol. The monoisotopic (exact) mass is 310 g/mol. The number of aryl methyl sites for hydroxylation is 3. The number of benzene rings is 1. The predicted molar refractivity (Wildman–Crippen MR) is 77.0 cm³/mol. The third-order valence-corrected chi connectivity index (χ3v) is 2.30. The van der Waals surface area contributed by atoms with Crippen molar-refractivity contribution in [2.75, 3.05) is 0 Å². The Hall–Kier alpha value is 0.324. The van der Waals surface area contributed by atoms with Gasteiger partial charge < -0.3 is 6.92 Å². The first-order valence-corrected chi connectivity index (χ1v) is 6.42. The van der Waals surface area contributed by atoms with Gasteiger partial charge in [0.2, 0.25) is 0 Å². The van der Waals surface area contributed by atoms with Gasteiger partial charge in [-0.05, 0) is 43.9 Å². The summed E-state index contributed by atoms with van der Waals surface area (Å²) in [7, 11) is 0. The van der Waals surface area contributed by atoms with Crippen LogP contribution in [-0.2, 0) is 39.1 Å². The second-order valence-electron chi connectivity index (χ2n) is 3.72. The average Bonchev–Trinajstić information content (AvgIpc) is 2.27. The quantitative estimate of drug-likeness (QED) is 0.607. The molecular formula is C16H29Y-. The van der Waals surface area contributed by atoms with Gasteiger partial charge in [-0.1, -0.05) is 45.4 Å². The molecule has 1 aromatic carbocycles. The molecule has 0 aliphatic carbocycles. The summed E-state index contributed by atoms with van der Waals surface area (Å²) in [5, 5.41) is 0. The van der Waals surface area contributed by atoms with Crippen molar-refractivity contribution in [3.05, 3.63) is 41.3 Å². The molecule has 0 fully saturated rings. The van der Waals surface area contributed by atoms with Gasteiger partial charge in [0.15, 0.2) is 0 Å². The molecule has 0 spiro atoms. The Balaban J connectivity index is -0.000000286. The van der Waals surface area contributed by atoms with E-state index >= 15 is 0 Å². The van der Waals surface area contributed by atoms with Crippen molar-refractivity contribution in [2.45, 2.75) is 61.3 Å². The molecule has 0 N–H and O–H groups in total. The normalized spacial score (nSPS) is 8.00. The molecule has 0 aliphatic heterocycles. The number of rotatable bonds is 1. The van der Waals surface area contributed by atoms with Crippen molar-refractivity contribution < 1.29 is 32.7 Å². The molecule has 0 heterocycles. The molecule has 97 valence electrons. The fraction of sp³-hybridized carbons (Fsp3) is 0.562. The molecule has 1 aromatic rings. The van der Waals surface area contributed by atoms with Gasteiger partial charge in [0.05, 0.1) is 0 Å². The van der Waals surface area contributed by atoms with Crippen LogP contribution >= 0.6 is 0 Å². The van der Waals surface area contributed by atoms with Crippen LogP contribution in [0.3, 0.4) is 0 Å². The maximum absolute atomic E-state index is 3.49. The largest absolute Gasteiger partial charge is 0.344 e. The van der Waals surface area contributed by atoms with Crippen LogP contribution in [0.5, 0.6) is 0 Å². The molecule has 0 saturated heterocycles. The van der Waals surface area contributed by atoms with E-state index in [-0.39, 0.29) is 32.7 Å². The minimum atomic E-state index is 0. The first-order valence-electron chi connectivity index (χ1n) is 6.42. The Kier molecular flexibility index (Phi) is 19.0. The van der Waals surface area contributed by atoms with E-state index in [1.165, 1.54) is 22.3 Å². The Morgan fingerprint density at radius 3 is 1.76 bits per heavy atom. The van der Waals surface area contributed by atoms with E-state index < -0.39 is 0 Å². The zero-order valence-corrected chi connectivity index (χ0v) is 15.7. The second kappa shape index (κ2) is 14.4. The summed E-state index contributed by atoms with van der Waals surface area (Å²) in [6.45, 7) is 18.3. The maximum Gasteiger partial charge on any atom is 0 e. The molecular weight excluding hydrogens is 281 g/mol. The van der Waals surface area contributed by atoms with Gasteiger partial charge >= 0.3 is 0 Å². The van der Waals surface area contributed by atoms with Crippen molar-refractivity contribution >= 4 is 0 Å². The zero-order chi connectivity index (χ0) is 13.1. The predicted octanol–water partition coefficient (Wildman–Crippen LogP) is 5.43. The first-order chi connectivity index (χ1) is 7.56. The number of hydrogen-bond acceptors (Lipinski definition) is 0. The van der Waals surface area contributed by atoms with E-state index in [2.05, 4.69) is 46.8 Å². The van der Waals surface area contributed by atoms with Gasteiger partial charge in [0, 0.05) is 32.7 Å². The summed E-state index contributed by atoms with van der Waals surface area (Å²) < 4.78 is 0. The molecule has 0 amide bonds. The molecule has 0 unspecified atom stereocenters. The van der Waals surface area contributed by atoms with E-state index in [9.17, 15) is 0 Å². The minimum absolute atomic E-state index is 0. The summed E-state index contributed by atoms with van der Waals surface area (Å²) in [4.78, 5) is 0. The van der Waals surface area contributed by atoms with Gasteiger partial charge in [-0.25, -0.2) is 0 Å². The fourth-order valence-corrected chi connectivity index (χ4v) is 1.49. The van der Waals surface area contributed by atoms with Crippen molar-refractivity contribution in [1.82, 2.24) is 0 Å². The molecule has 17 heavy (non-hydrogen) atoms. The van der Waals surface area contributed by atoms with Crippen molar-refractivity contribution in [3.8, 4) is 0 Å². The number of hydrogen-bond donors (Lipinski definition) is 0. The van der Waals surface area contributed by atoms with Crippen molar-refractivity contribution in [1.29, 1.82) is 0 Å². The third kappa shape index (κ3) is 9.97. The molecule has 1 heteroatoms. The van der Waals surface area contributed by atoms with Gasteiger partial charge in [0.25, 0.3) is 0 Å². The summed E-state index contributed by atoms with van der Waals surface area (Å²) in [5.41, 5.74) is 5.74. The summed E-state index contributed by atoms with van der Waals surface area (Å²) in [5.74, 6) is 0. The molecule has 1 radical (unpaired) electrons. The minimum Gasteiger partial charge on any atom is -0.344 e. The molecule has 0 saturated carbocycles. The van der Waals surface area contributed by atoms with E-state index in [1.54, 1.807) is 0 Å². The Morgan fingerprint density at radius 2 is 1.41 bits per heavy atom. The topological polar surface area (TPSA) is 0 Å². The van der Waals surface area contributed by atoms with Crippen LogP contribution in [0, 0.1) is 27.7 Å². The van der Waals surface area contributed by atoms with Gasteiger partial charge in [-0.15, -0.1) is 0 Å². The van der Waals surface area contributed by atoms with E-state index in [0.29, 0.717) is 0 Å². The Morgan fingerprint density at radius 1 is 1.00 bits per heavy atom. The maximum atomic E-state index is 3.49. The van der Waals surface area contributed by atoms with Crippen LogP contribution in [0.25, 0.3) is 0 Å². The van der Waals surface area contributed by atoms with Gasteiger partial charge in [-0.3, -0.25) is 0 Å². The van der Waals surface area contributed by atoms with Gasteiger partial charge in [0.1, 0.15) is 0 Å². The van der Waals surface area contributed by atoms with Crippen LogP contribution < -0.4 is 0 Å². The fourth-order valence-electron chi connectivity index (χ4n) is 1.49. The van der Waals surface area contributed by atoms with Crippen molar-refractivity contribution in [3.63, 3.8) is 0 Å². The Labute approximate surface area is 134 Å². The Bertz CT molecular complexity index is 277. The molecule has 1 rings (SSSR count). The molecule has 0 bridgehead atoms.